The molecule has 0 spiro atoms. The molecule has 0 atom stereocenters. The van der Waals surface area contributed by atoms with Gasteiger partial charge >= 0.3 is 11.9 Å². The first-order valence-corrected chi connectivity index (χ1v) is 10.6. The summed E-state index contributed by atoms with van der Waals surface area (Å²) in [5.74, 6) is 5.90. The van der Waals surface area contributed by atoms with E-state index in [1.807, 2.05) is 18.2 Å². The number of carbonyl (C=O) groups excluding carboxylic acids is 1. The number of ether oxygens (including phenoxy) is 2. The van der Waals surface area contributed by atoms with E-state index in [2.05, 4.69) is 21.8 Å². The molecule has 0 aliphatic carbocycles. The predicted molar refractivity (Wildman–Crippen MR) is 128 cm³/mol. The summed E-state index contributed by atoms with van der Waals surface area (Å²) in [7, 11) is 3.04. The first-order chi connectivity index (χ1) is 15.6. The quantitative estimate of drug-likeness (QED) is 0.301. The Morgan fingerprint density at radius 2 is 2.00 bits per heavy atom. The second kappa shape index (κ2) is 9.67. The number of nitrogens with zero attached hydrogens (tertiary/aromatic N) is 4. The molecule has 0 radical (unpaired) electrons. The molecular weight excluding hydrogens is 444 g/mol. The molecule has 3 rings (SSSR count). The Morgan fingerprint density at radius 3 is 2.67 bits per heavy atom. The average Bonchev–Trinajstić information content (AvgIpc) is 3.16. The van der Waals surface area contributed by atoms with Crippen LogP contribution in [-0.2, 0) is 4.74 Å². The zero-order valence-corrected chi connectivity index (χ0v) is 19.6. The third kappa shape index (κ3) is 6.05. The third-order valence-electron chi connectivity index (χ3n) is 4.17. The van der Waals surface area contributed by atoms with E-state index in [0.29, 0.717) is 0 Å². The molecule has 0 N–H and O–H groups in total. The van der Waals surface area contributed by atoms with Gasteiger partial charge in [0, 0.05) is 13.1 Å². The molecule has 1 aromatic carbocycles. The lowest BCUT2D eigenvalue weighted by Crippen LogP contribution is -2.34. The molecule has 170 valence electrons. The van der Waals surface area contributed by atoms with Gasteiger partial charge in [-0.15, -0.1) is 11.3 Å². The van der Waals surface area contributed by atoms with Crippen LogP contribution in [0.15, 0.2) is 36.4 Å². The molecule has 2 heterocycles. The van der Waals surface area contributed by atoms with E-state index >= 15 is 0 Å². The lowest BCUT2D eigenvalue weighted by molar-refractivity contribution is -0.389. The highest BCUT2D eigenvalue weighted by atomic mass is 32.1. The van der Waals surface area contributed by atoms with E-state index in [4.69, 9.17) is 9.47 Å². The highest BCUT2D eigenvalue weighted by molar-refractivity contribution is 7.19. The number of anilines is 1. The number of allylic oxidation sites excluding steroid dienone is 1. The van der Waals surface area contributed by atoms with Gasteiger partial charge in [0.2, 0.25) is 0 Å². The van der Waals surface area contributed by atoms with Gasteiger partial charge in [0.05, 0.1) is 17.3 Å². The number of aromatic nitrogens is 2. The van der Waals surface area contributed by atoms with E-state index in [0.717, 1.165) is 25.9 Å². The van der Waals surface area contributed by atoms with Crippen molar-refractivity contribution in [2.24, 2.45) is 0 Å². The number of rotatable bonds is 4. The summed E-state index contributed by atoms with van der Waals surface area (Å²) < 4.78 is 11.5. The monoisotopic (exact) mass is 466 g/mol. The van der Waals surface area contributed by atoms with Crippen LogP contribution < -0.4 is 9.64 Å². The molecule has 0 aliphatic heterocycles. The van der Waals surface area contributed by atoms with Crippen LogP contribution in [0.2, 0.25) is 0 Å². The van der Waals surface area contributed by atoms with Gasteiger partial charge in [-0.3, -0.25) is 0 Å². The Labute approximate surface area is 194 Å². The van der Waals surface area contributed by atoms with Crippen molar-refractivity contribution in [1.82, 2.24) is 9.97 Å². The van der Waals surface area contributed by atoms with Crippen molar-refractivity contribution in [1.29, 1.82) is 0 Å². The van der Waals surface area contributed by atoms with Gasteiger partial charge in [0.1, 0.15) is 21.9 Å². The highest BCUT2D eigenvalue weighted by Gasteiger charge is 2.25. The summed E-state index contributed by atoms with van der Waals surface area (Å²) in [5, 5.41) is 12.3. The van der Waals surface area contributed by atoms with Gasteiger partial charge in [-0.05, 0) is 67.1 Å². The van der Waals surface area contributed by atoms with E-state index in [-0.39, 0.29) is 11.4 Å². The van der Waals surface area contributed by atoms with Gasteiger partial charge in [-0.2, -0.15) is 0 Å². The second-order valence-electron chi connectivity index (χ2n) is 7.83. The maximum atomic E-state index is 12.2. The molecule has 2 aromatic heterocycles. The minimum absolute atomic E-state index is 0.0851. The first kappa shape index (κ1) is 23.7. The number of nitro groups is 1. The number of pyridine rings is 1. The zero-order valence-electron chi connectivity index (χ0n) is 18.8. The smallest absolute Gasteiger partial charge is 0.417 e. The Balaban J connectivity index is 1.80. The molecular formula is C23H22N4O5S. The van der Waals surface area contributed by atoms with Crippen molar-refractivity contribution in [3.05, 3.63) is 57.1 Å². The minimum Gasteiger partial charge on any atom is -0.497 e. The predicted octanol–water partition coefficient (Wildman–Crippen LogP) is 5.04. The van der Waals surface area contributed by atoms with Gasteiger partial charge in [-0.1, -0.05) is 11.8 Å². The van der Waals surface area contributed by atoms with Crippen LogP contribution in [-0.4, -0.2) is 40.7 Å². The number of hydrogen-bond donors (Lipinski definition) is 0. The molecule has 0 aliphatic rings. The fraction of sp³-hybridized carbons (Fsp3) is 0.261. The molecule has 0 fully saturated rings. The second-order valence-corrected chi connectivity index (χ2v) is 8.89. The van der Waals surface area contributed by atoms with Crippen LogP contribution in [0, 0.1) is 22.0 Å². The first-order valence-electron chi connectivity index (χ1n) is 9.82. The van der Waals surface area contributed by atoms with Gasteiger partial charge in [0.25, 0.3) is 5.82 Å². The number of hydrogen-bond acceptors (Lipinski definition) is 8. The lowest BCUT2D eigenvalue weighted by Gasteiger charge is -2.22. The Kier molecular flexibility index (Phi) is 6.94. The van der Waals surface area contributed by atoms with Crippen LogP contribution >= 0.6 is 11.3 Å². The summed E-state index contributed by atoms with van der Waals surface area (Å²) in [4.78, 5) is 32.7. The van der Waals surface area contributed by atoms with Crippen molar-refractivity contribution >= 4 is 45.4 Å². The fourth-order valence-electron chi connectivity index (χ4n) is 2.64. The highest BCUT2D eigenvalue weighted by Crippen LogP contribution is 2.27. The summed E-state index contributed by atoms with van der Waals surface area (Å²) in [5.41, 5.74) is 0.266. The number of benzene rings is 1. The molecule has 1 amide bonds. The minimum atomic E-state index is -0.704. The van der Waals surface area contributed by atoms with Crippen LogP contribution in [0.5, 0.6) is 5.75 Å². The Morgan fingerprint density at radius 1 is 1.24 bits per heavy atom. The number of carbonyl (C=O) groups is 1. The number of methoxy groups -OCH3 is 1. The van der Waals surface area contributed by atoms with E-state index < -0.39 is 22.4 Å². The fourth-order valence-corrected chi connectivity index (χ4v) is 3.54. The maximum absolute atomic E-state index is 12.2. The largest absolute Gasteiger partial charge is 0.497 e. The van der Waals surface area contributed by atoms with Gasteiger partial charge in [-0.25, -0.2) is 14.7 Å². The van der Waals surface area contributed by atoms with Crippen LogP contribution in [0.25, 0.3) is 16.3 Å². The summed E-state index contributed by atoms with van der Waals surface area (Å²) >= 11 is 1.48. The number of amides is 1. The summed E-state index contributed by atoms with van der Waals surface area (Å²) in [6.07, 6.45) is 2.63. The van der Waals surface area contributed by atoms with E-state index in [9.17, 15) is 14.9 Å². The summed E-state index contributed by atoms with van der Waals surface area (Å²) in [6, 6.07) is 8.54. The molecule has 10 heteroatoms. The third-order valence-corrected chi connectivity index (χ3v) is 5.16. The standard InChI is InChI=1S/C23H22N4O5S/c1-23(2,3)32-22(28)26(4)19-13-10-15(21(25-19)27(29)30)8-6-7-9-20-24-17-12-11-16(31-5)14-18(17)33-20/h7,9-14H,1-5H3/b9-7+. The number of thiazole rings is 1. The number of fused-ring (bicyclic) bond motifs is 1. The SMILES string of the molecule is COc1ccc2nc(/C=C/C#Cc3ccc(N(C)C(=O)OC(C)(C)C)nc3[N+](=O)[O-])sc2c1. The van der Waals surface area contributed by atoms with E-state index in [1.165, 1.54) is 30.5 Å². The Hall–Kier alpha value is -3.97. The molecule has 33 heavy (non-hydrogen) atoms. The molecule has 0 saturated carbocycles. The van der Waals surface area contributed by atoms with Crippen molar-refractivity contribution in [2.75, 3.05) is 19.1 Å². The van der Waals surface area contributed by atoms with Gasteiger partial charge < -0.3 is 19.6 Å². The topological polar surface area (TPSA) is 108 Å². The molecule has 0 unspecified atom stereocenters. The molecule has 0 bridgehead atoms. The van der Waals surface area contributed by atoms with Crippen LogP contribution in [0.1, 0.15) is 31.3 Å². The molecule has 9 nitrogen and oxygen atoms in total. The van der Waals surface area contributed by atoms with Crippen molar-refractivity contribution in [2.45, 2.75) is 26.4 Å². The van der Waals surface area contributed by atoms with Gasteiger partial charge in [0.15, 0.2) is 0 Å². The van der Waals surface area contributed by atoms with Crippen LogP contribution in [0.4, 0.5) is 16.4 Å². The van der Waals surface area contributed by atoms with Crippen molar-refractivity contribution in [3.63, 3.8) is 0 Å². The molecule has 3 aromatic rings. The van der Waals surface area contributed by atoms with Crippen molar-refractivity contribution in [3.8, 4) is 17.6 Å². The van der Waals surface area contributed by atoms with Crippen molar-refractivity contribution < 1.29 is 19.2 Å². The van der Waals surface area contributed by atoms with Crippen LogP contribution in [0.3, 0.4) is 0 Å². The average molecular weight is 467 g/mol. The zero-order chi connectivity index (χ0) is 24.2. The normalized spacial score (nSPS) is 11.2. The van der Waals surface area contributed by atoms with E-state index in [1.54, 1.807) is 40.0 Å². The lowest BCUT2D eigenvalue weighted by atomic mass is 10.2. The molecule has 0 saturated heterocycles. The summed E-state index contributed by atoms with van der Waals surface area (Å²) in [6.45, 7) is 5.18. The maximum Gasteiger partial charge on any atom is 0.417 e. The Bertz CT molecular complexity index is 1300.